The van der Waals surface area contributed by atoms with Gasteiger partial charge in [0.15, 0.2) is 0 Å². The zero-order valence-electron chi connectivity index (χ0n) is 25.7. The summed E-state index contributed by atoms with van der Waals surface area (Å²) in [5, 5.41) is 0. The monoisotopic (exact) mass is 494 g/mol. The van der Waals surface area contributed by atoms with Gasteiger partial charge in [0.25, 0.3) is 0 Å². The van der Waals surface area contributed by atoms with Gasteiger partial charge in [-0.15, -0.1) is 0 Å². The summed E-state index contributed by atoms with van der Waals surface area (Å²) in [5.74, 6) is 1.78. The van der Waals surface area contributed by atoms with E-state index in [1.807, 2.05) is 0 Å². The number of unbranched alkanes of at least 4 members (excludes halogenated alkanes) is 20. The maximum Gasteiger partial charge on any atom is -0.00189 e. The third-order valence-corrected chi connectivity index (χ3v) is 7.96. The van der Waals surface area contributed by atoms with Crippen molar-refractivity contribution in [3.63, 3.8) is 0 Å². The molecule has 0 unspecified atom stereocenters. The van der Waals surface area contributed by atoms with Gasteiger partial charge >= 0.3 is 0 Å². The van der Waals surface area contributed by atoms with Crippen LogP contribution in [0.2, 0.25) is 0 Å². The predicted octanol–water partition coefficient (Wildman–Crippen LogP) is 12.0. The van der Waals surface area contributed by atoms with E-state index in [0.29, 0.717) is 0 Å². The third-order valence-electron chi connectivity index (χ3n) is 7.96. The van der Waals surface area contributed by atoms with Crippen LogP contribution >= 0.6 is 0 Å². The molecule has 0 heterocycles. The molecular formula is C34H71N. The SMILES string of the molecule is CCN(CCCCCCCCCCCCCC(C)C)CCCCCCCCCCCCCC(C)C. The first-order valence-corrected chi connectivity index (χ1v) is 16.8. The Kier molecular flexibility index (Phi) is 28.5. The average Bonchev–Trinajstić information content (AvgIpc) is 2.83. The summed E-state index contributed by atoms with van der Waals surface area (Å²) in [7, 11) is 0. The molecule has 0 atom stereocenters. The molecule has 0 aromatic heterocycles. The Morgan fingerprint density at radius 2 is 0.571 bits per heavy atom. The van der Waals surface area contributed by atoms with Crippen LogP contribution in [-0.4, -0.2) is 24.5 Å². The van der Waals surface area contributed by atoms with Crippen molar-refractivity contribution >= 4 is 0 Å². The van der Waals surface area contributed by atoms with Gasteiger partial charge in [-0.2, -0.15) is 0 Å². The van der Waals surface area contributed by atoms with E-state index in [9.17, 15) is 0 Å². The van der Waals surface area contributed by atoms with Crippen molar-refractivity contribution in [3.05, 3.63) is 0 Å². The minimum atomic E-state index is 0.892. The molecule has 35 heavy (non-hydrogen) atoms. The number of hydrogen-bond acceptors (Lipinski definition) is 1. The van der Waals surface area contributed by atoms with Crippen molar-refractivity contribution in [1.29, 1.82) is 0 Å². The van der Waals surface area contributed by atoms with E-state index < -0.39 is 0 Å². The van der Waals surface area contributed by atoms with Crippen molar-refractivity contribution in [3.8, 4) is 0 Å². The Hall–Kier alpha value is -0.0400. The molecule has 0 radical (unpaired) electrons. The fraction of sp³-hybridized carbons (Fsp3) is 1.00. The number of hydrogen-bond donors (Lipinski definition) is 0. The van der Waals surface area contributed by atoms with E-state index in [1.165, 1.54) is 174 Å². The van der Waals surface area contributed by atoms with Crippen LogP contribution in [0.5, 0.6) is 0 Å². The minimum absolute atomic E-state index is 0.892. The Labute approximate surface area is 225 Å². The first kappa shape index (κ1) is 35.0. The summed E-state index contributed by atoms with van der Waals surface area (Å²) in [6.07, 6.45) is 35.0. The Morgan fingerprint density at radius 3 is 0.800 bits per heavy atom. The van der Waals surface area contributed by atoms with Crippen molar-refractivity contribution in [2.75, 3.05) is 19.6 Å². The van der Waals surface area contributed by atoms with Gasteiger partial charge < -0.3 is 4.90 Å². The van der Waals surface area contributed by atoms with Crippen LogP contribution in [-0.2, 0) is 0 Å². The molecule has 0 amide bonds. The Morgan fingerprint density at radius 1 is 0.343 bits per heavy atom. The lowest BCUT2D eigenvalue weighted by atomic mass is 10.0. The van der Waals surface area contributed by atoms with Gasteiger partial charge in [-0.25, -0.2) is 0 Å². The number of nitrogens with zero attached hydrogens (tertiary/aromatic N) is 1. The van der Waals surface area contributed by atoms with E-state index >= 15 is 0 Å². The van der Waals surface area contributed by atoms with Crippen molar-refractivity contribution in [1.82, 2.24) is 4.90 Å². The summed E-state index contributed by atoms with van der Waals surface area (Å²) < 4.78 is 0. The summed E-state index contributed by atoms with van der Waals surface area (Å²) in [4.78, 5) is 2.71. The molecule has 0 N–H and O–H groups in total. The maximum absolute atomic E-state index is 2.71. The molecule has 0 fully saturated rings. The lowest BCUT2D eigenvalue weighted by molar-refractivity contribution is 0.273. The molecule has 0 saturated heterocycles. The maximum atomic E-state index is 2.71. The molecule has 1 heteroatoms. The lowest BCUT2D eigenvalue weighted by Gasteiger charge is -2.20. The van der Waals surface area contributed by atoms with Crippen LogP contribution in [0, 0.1) is 11.8 Å². The minimum Gasteiger partial charge on any atom is -0.304 e. The zero-order chi connectivity index (χ0) is 25.8. The van der Waals surface area contributed by atoms with Crippen LogP contribution in [0.25, 0.3) is 0 Å². The summed E-state index contributed by atoms with van der Waals surface area (Å²) in [6.45, 7) is 15.7. The highest BCUT2D eigenvalue weighted by Gasteiger charge is 2.02. The number of rotatable bonds is 29. The lowest BCUT2D eigenvalue weighted by Crippen LogP contribution is -2.25. The van der Waals surface area contributed by atoms with Crippen LogP contribution in [0.4, 0.5) is 0 Å². The van der Waals surface area contributed by atoms with Crippen LogP contribution < -0.4 is 0 Å². The average molecular weight is 494 g/mol. The van der Waals surface area contributed by atoms with Crippen LogP contribution in [0.3, 0.4) is 0 Å². The predicted molar refractivity (Wildman–Crippen MR) is 163 cm³/mol. The van der Waals surface area contributed by atoms with Gasteiger partial charge in [0, 0.05) is 0 Å². The van der Waals surface area contributed by atoms with E-state index in [4.69, 9.17) is 0 Å². The van der Waals surface area contributed by atoms with Crippen LogP contribution in [0.1, 0.15) is 189 Å². The normalized spacial score (nSPS) is 12.0. The van der Waals surface area contributed by atoms with Gasteiger partial charge in [-0.3, -0.25) is 0 Å². The van der Waals surface area contributed by atoms with Crippen molar-refractivity contribution < 1.29 is 0 Å². The molecule has 0 aromatic rings. The first-order chi connectivity index (χ1) is 17.1. The Balaban J connectivity index is 3.28. The smallest absolute Gasteiger partial charge is 0.00189 e. The highest BCUT2D eigenvalue weighted by molar-refractivity contribution is 4.58. The highest BCUT2D eigenvalue weighted by atomic mass is 15.1. The summed E-state index contributed by atoms with van der Waals surface area (Å²) >= 11 is 0. The van der Waals surface area contributed by atoms with Crippen LogP contribution in [0.15, 0.2) is 0 Å². The molecule has 0 bridgehead atoms. The fourth-order valence-electron chi connectivity index (χ4n) is 5.39. The van der Waals surface area contributed by atoms with Crippen molar-refractivity contribution in [2.45, 2.75) is 189 Å². The molecule has 1 nitrogen and oxygen atoms in total. The fourth-order valence-corrected chi connectivity index (χ4v) is 5.39. The second-order valence-corrected chi connectivity index (χ2v) is 12.6. The quantitative estimate of drug-likeness (QED) is 0.0936. The molecule has 0 aromatic carbocycles. The molecular weight excluding hydrogens is 422 g/mol. The van der Waals surface area contributed by atoms with E-state index in [-0.39, 0.29) is 0 Å². The molecule has 0 aliphatic heterocycles. The van der Waals surface area contributed by atoms with E-state index in [2.05, 4.69) is 39.5 Å². The highest BCUT2D eigenvalue weighted by Crippen LogP contribution is 2.15. The molecule has 0 aliphatic carbocycles. The molecule has 212 valence electrons. The molecule has 0 rings (SSSR count). The van der Waals surface area contributed by atoms with E-state index in [0.717, 1.165) is 11.8 Å². The largest absolute Gasteiger partial charge is 0.304 e. The van der Waals surface area contributed by atoms with Gasteiger partial charge in [-0.05, 0) is 44.3 Å². The second-order valence-electron chi connectivity index (χ2n) is 12.6. The van der Waals surface area contributed by atoms with Gasteiger partial charge in [0.05, 0.1) is 0 Å². The van der Waals surface area contributed by atoms with Gasteiger partial charge in [0.2, 0.25) is 0 Å². The third kappa shape index (κ3) is 30.1. The van der Waals surface area contributed by atoms with E-state index in [1.54, 1.807) is 0 Å². The standard InChI is InChI=1S/C34H71N/c1-6-35(31-27-23-19-15-11-7-9-13-17-21-25-29-33(2)3)32-28-24-20-16-12-8-10-14-18-22-26-30-34(4)5/h33-34H,6-32H2,1-5H3. The summed E-state index contributed by atoms with van der Waals surface area (Å²) in [6, 6.07) is 0. The zero-order valence-corrected chi connectivity index (χ0v) is 25.7. The van der Waals surface area contributed by atoms with Gasteiger partial charge in [-0.1, -0.05) is 176 Å². The molecule has 0 aliphatic rings. The summed E-state index contributed by atoms with van der Waals surface area (Å²) in [5.41, 5.74) is 0. The van der Waals surface area contributed by atoms with Gasteiger partial charge in [0.1, 0.15) is 0 Å². The van der Waals surface area contributed by atoms with Crippen molar-refractivity contribution in [2.24, 2.45) is 11.8 Å². The molecule has 0 spiro atoms. The Bertz CT molecular complexity index is 341. The second kappa shape index (κ2) is 28.5. The molecule has 0 saturated carbocycles. The topological polar surface area (TPSA) is 3.24 Å². The first-order valence-electron chi connectivity index (χ1n) is 16.8.